The van der Waals surface area contributed by atoms with E-state index in [2.05, 4.69) is 4.98 Å². The normalized spacial score (nSPS) is 11.4. The highest BCUT2D eigenvalue weighted by molar-refractivity contribution is 7.71. The monoisotopic (exact) mass is 299 g/mol. The Kier molecular flexibility index (Phi) is 4.29. The van der Waals surface area contributed by atoms with Crippen LogP contribution in [0.1, 0.15) is 6.42 Å². The van der Waals surface area contributed by atoms with Gasteiger partial charge in [-0.25, -0.2) is 8.78 Å². The molecule has 0 atom stereocenters. The molecule has 0 saturated carbocycles. The lowest BCUT2D eigenvalue weighted by Gasteiger charge is -2.11. The highest BCUT2D eigenvalue weighted by Gasteiger charge is 2.10. The third-order valence-corrected chi connectivity index (χ3v) is 3.33. The Morgan fingerprint density at radius 3 is 2.60 bits per heavy atom. The smallest absolute Gasteiger partial charge is 0.262 e. The third-order valence-electron chi connectivity index (χ3n) is 3.01. The first-order valence-corrected chi connectivity index (χ1v) is 6.57. The first kappa shape index (κ1) is 14.8. The van der Waals surface area contributed by atoms with E-state index >= 15 is 0 Å². The SMILES string of the molecule is CN(C)CCCn1c(=S)[nH]c2cc(F)c(F)cc2c1=O. The minimum Gasteiger partial charge on any atom is -0.331 e. The fourth-order valence-electron chi connectivity index (χ4n) is 2.00. The van der Waals surface area contributed by atoms with Crippen LogP contribution in [0.2, 0.25) is 0 Å². The average molecular weight is 299 g/mol. The molecule has 0 aliphatic carbocycles. The van der Waals surface area contributed by atoms with Crippen molar-refractivity contribution in [2.24, 2.45) is 0 Å². The van der Waals surface area contributed by atoms with Crippen molar-refractivity contribution in [3.05, 3.63) is 38.9 Å². The van der Waals surface area contributed by atoms with Crippen molar-refractivity contribution in [2.75, 3.05) is 20.6 Å². The fraction of sp³-hybridized carbons (Fsp3) is 0.385. The van der Waals surface area contributed by atoms with Gasteiger partial charge in [0.2, 0.25) is 0 Å². The molecule has 0 unspecified atom stereocenters. The van der Waals surface area contributed by atoms with E-state index in [0.29, 0.717) is 6.54 Å². The topological polar surface area (TPSA) is 41.0 Å². The molecule has 4 nitrogen and oxygen atoms in total. The Labute approximate surface area is 119 Å². The second-order valence-corrected chi connectivity index (χ2v) is 5.24. The van der Waals surface area contributed by atoms with Crippen LogP contribution in [0.15, 0.2) is 16.9 Å². The number of fused-ring (bicyclic) bond motifs is 1. The summed E-state index contributed by atoms with van der Waals surface area (Å²) in [7, 11) is 3.87. The summed E-state index contributed by atoms with van der Waals surface area (Å²) in [5, 5.41) is 0.0994. The predicted molar refractivity (Wildman–Crippen MR) is 76.5 cm³/mol. The largest absolute Gasteiger partial charge is 0.331 e. The molecule has 1 aromatic carbocycles. The lowest BCUT2D eigenvalue weighted by atomic mass is 10.2. The molecule has 7 heteroatoms. The molecular weight excluding hydrogens is 284 g/mol. The molecule has 0 aliphatic rings. The van der Waals surface area contributed by atoms with Crippen LogP contribution in [-0.2, 0) is 6.54 Å². The number of nitrogens with zero attached hydrogens (tertiary/aromatic N) is 2. The summed E-state index contributed by atoms with van der Waals surface area (Å²) in [6.07, 6.45) is 0.736. The standard InChI is InChI=1S/C13H15F2N3OS/c1-17(2)4-3-5-18-12(19)8-6-9(14)10(15)7-11(8)16-13(18)20/h6-7H,3-5H2,1-2H3,(H,16,20). The summed E-state index contributed by atoms with van der Waals surface area (Å²) in [5.41, 5.74) is -0.191. The van der Waals surface area contributed by atoms with E-state index in [1.165, 1.54) is 4.57 Å². The summed E-state index contributed by atoms with van der Waals surface area (Å²) in [6, 6.07) is 1.85. The highest BCUT2D eigenvalue weighted by Crippen LogP contribution is 2.13. The van der Waals surface area contributed by atoms with E-state index in [1.807, 2.05) is 19.0 Å². The van der Waals surface area contributed by atoms with Crippen molar-refractivity contribution >= 4 is 23.1 Å². The first-order valence-electron chi connectivity index (χ1n) is 6.17. The Morgan fingerprint density at radius 2 is 1.95 bits per heavy atom. The van der Waals surface area contributed by atoms with Gasteiger partial charge < -0.3 is 9.88 Å². The Balaban J connectivity index is 2.49. The van der Waals surface area contributed by atoms with Gasteiger partial charge >= 0.3 is 0 Å². The molecule has 20 heavy (non-hydrogen) atoms. The van der Waals surface area contributed by atoms with E-state index in [-0.39, 0.29) is 15.7 Å². The van der Waals surface area contributed by atoms with Crippen molar-refractivity contribution in [3.63, 3.8) is 0 Å². The molecule has 0 spiro atoms. The number of hydrogen-bond donors (Lipinski definition) is 1. The van der Waals surface area contributed by atoms with E-state index in [0.717, 1.165) is 25.1 Å². The van der Waals surface area contributed by atoms with Gasteiger partial charge in [-0.1, -0.05) is 0 Å². The van der Waals surface area contributed by atoms with Gasteiger partial charge in [-0.05, 0) is 45.3 Å². The van der Waals surface area contributed by atoms with Crippen LogP contribution in [0, 0.1) is 16.4 Å². The maximum atomic E-state index is 13.2. The molecule has 0 fully saturated rings. The van der Waals surface area contributed by atoms with Crippen LogP contribution in [0.3, 0.4) is 0 Å². The molecule has 108 valence electrons. The number of halogens is 2. The molecular formula is C13H15F2N3OS. The minimum absolute atomic E-state index is 0.0994. The molecule has 1 heterocycles. The van der Waals surface area contributed by atoms with E-state index < -0.39 is 17.2 Å². The van der Waals surface area contributed by atoms with E-state index in [1.54, 1.807) is 0 Å². The molecule has 2 rings (SSSR count). The molecule has 0 saturated heterocycles. The van der Waals surface area contributed by atoms with Gasteiger partial charge in [0.25, 0.3) is 5.56 Å². The molecule has 0 radical (unpaired) electrons. The number of nitrogens with one attached hydrogen (secondary N) is 1. The van der Waals surface area contributed by atoms with Gasteiger partial charge in [-0.15, -0.1) is 0 Å². The van der Waals surface area contributed by atoms with E-state index in [9.17, 15) is 13.6 Å². The van der Waals surface area contributed by atoms with Crippen LogP contribution in [0.5, 0.6) is 0 Å². The lowest BCUT2D eigenvalue weighted by molar-refractivity contribution is 0.384. The molecule has 2 aromatic rings. The number of hydrogen-bond acceptors (Lipinski definition) is 3. The van der Waals surface area contributed by atoms with Gasteiger partial charge in [-0.2, -0.15) is 0 Å². The van der Waals surface area contributed by atoms with Gasteiger partial charge in [-0.3, -0.25) is 9.36 Å². The highest BCUT2D eigenvalue weighted by atomic mass is 32.1. The second kappa shape index (κ2) is 5.80. The Morgan fingerprint density at radius 1 is 1.30 bits per heavy atom. The van der Waals surface area contributed by atoms with Crippen LogP contribution in [0.25, 0.3) is 10.9 Å². The van der Waals surface area contributed by atoms with Crippen molar-refractivity contribution < 1.29 is 8.78 Å². The van der Waals surface area contributed by atoms with Crippen LogP contribution < -0.4 is 5.56 Å². The number of aromatic amines is 1. The minimum atomic E-state index is -1.04. The molecule has 1 N–H and O–H groups in total. The number of aromatic nitrogens is 2. The summed E-state index contributed by atoms with van der Waals surface area (Å²) in [5.74, 6) is -2.05. The fourth-order valence-corrected chi connectivity index (χ4v) is 2.28. The molecule has 0 amide bonds. The van der Waals surface area contributed by atoms with Crippen LogP contribution in [-0.4, -0.2) is 35.1 Å². The van der Waals surface area contributed by atoms with Crippen LogP contribution in [0.4, 0.5) is 8.78 Å². The maximum absolute atomic E-state index is 13.2. The summed E-state index contributed by atoms with van der Waals surface area (Å²) >= 11 is 5.10. The molecule has 0 aliphatic heterocycles. The zero-order chi connectivity index (χ0) is 14.9. The average Bonchev–Trinajstić information content (AvgIpc) is 2.36. The van der Waals surface area contributed by atoms with Gasteiger partial charge in [0, 0.05) is 12.6 Å². The van der Waals surface area contributed by atoms with Gasteiger partial charge in [0.05, 0.1) is 10.9 Å². The third kappa shape index (κ3) is 2.94. The quantitative estimate of drug-likeness (QED) is 0.881. The molecule has 0 bridgehead atoms. The zero-order valence-corrected chi connectivity index (χ0v) is 12.1. The summed E-state index contributed by atoms with van der Waals surface area (Å²) < 4.78 is 28.0. The van der Waals surface area contributed by atoms with Crippen LogP contribution >= 0.6 is 12.2 Å². The van der Waals surface area contributed by atoms with Crippen molar-refractivity contribution in [1.29, 1.82) is 0 Å². The number of rotatable bonds is 4. The van der Waals surface area contributed by atoms with Crippen molar-refractivity contribution in [1.82, 2.24) is 14.5 Å². The lowest BCUT2D eigenvalue weighted by Crippen LogP contribution is -2.24. The van der Waals surface area contributed by atoms with Gasteiger partial charge in [0.15, 0.2) is 16.4 Å². The Bertz CT molecular complexity index is 752. The molecule has 1 aromatic heterocycles. The zero-order valence-electron chi connectivity index (χ0n) is 11.2. The van der Waals surface area contributed by atoms with E-state index in [4.69, 9.17) is 12.2 Å². The number of benzene rings is 1. The van der Waals surface area contributed by atoms with Crippen molar-refractivity contribution in [3.8, 4) is 0 Å². The predicted octanol–water partition coefficient (Wildman–Crippen LogP) is 2.29. The van der Waals surface area contributed by atoms with Crippen molar-refractivity contribution in [2.45, 2.75) is 13.0 Å². The maximum Gasteiger partial charge on any atom is 0.262 e. The second-order valence-electron chi connectivity index (χ2n) is 4.86. The first-order chi connectivity index (χ1) is 9.40. The summed E-state index contributed by atoms with van der Waals surface area (Å²) in [6.45, 7) is 1.23. The summed E-state index contributed by atoms with van der Waals surface area (Å²) in [4.78, 5) is 17.0. The number of H-pyrrole nitrogens is 1. The Hall–Kier alpha value is -1.60. The van der Waals surface area contributed by atoms with Gasteiger partial charge in [0.1, 0.15) is 0 Å².